The largest absolute Gasteiger partial charge is 0.394 e. The van der Waals surface area contributed by atoms with Crippen LogP contribution in [0.3, 0.4) is 0 Å². The Morgan fingerprint density at radius 1 is 1.70 bits per heavy atom. The van der Waals surface area contributed by atoms with Gasteiger partial charge in [-0.05, 0) is 0 Å². The second kappa shape index (κ2) is 2.64. The zero-order valence-corrected chi connectivity index (χ0v) is 5.95. The summed E-state index contributed by atoms with van der Waals surface area (Å²) in [5, 5.41) is 24.6. The van der Waals surface area contributed by atoms with E-state index >= 15 is 0 Å². The van der Waals surface area contributed by atoms with Gasteiger partial charge in [0.1, 0.15) is 6.10 Å². The molecule has 0 spiro atoms. The number of aliphatic hydroxyl groups is 3. The molecular formula is C5H9ClO4. The molecular weight excluding hydrogens is 160 g/mol. The van der Waals surface area contributed by atoms with Gasteiger partial charge in [-0.15, -0.1) is 0 Å². The highest BCUT2D eigenvalue weighted by Crippen LogP contribution is 2.31. The lowest BCUT2D eigenvalue weighted by molar-refractivity contribution is -0.139. The molecule has 60 valence electrons. The first-order valence-electron chi connectivity index (χ1n) is 2.93. The van der Waals surface area contributed by atoms with Crippen LogP contribution in [0.15, 0.2) is 0 Å². The summed E-state index contributed by atoms with van der Waals surface area (Å²) in [6.45, 7) is -0.337. The predicted molar refractivity (Wildman–Crippen MR) is 33.4 cm³/mol. The smallest absolute Gasteiger partial charge is 0.248 e. The monoisotopic (exact) mass is 168 g/mol. The highest BCUT2D eigenvalue weighted by Gasteiger charge is 2.42. The van der Waals surface area contributed by atoms with Crippen molar-refractivity contribution < 1.29 is 20.1 Å². The lowest BCUT2D eigenvalue weighted by atomic mass is 10.2. The molecule has 0 aliphatic carbocycles. The van der Waals surface area contributed by atoms with E-state index in [1.54, 1.807) is 0 Å². The van der Waals surface area contributed by atoms with Crippen molar-refractivity contribution in [3.63, 3.8) is 0 Å². The Bertz CT molecular complexity index is 127. The van der Waals surface area contributed by atoms with Gasteiger partial charge in [0, 0.05) is 6.42 Å². The second-order valence-corrected chi connectivity index (χ2v) is 2.89. The van der Waals surface area contributed by atoms with E-state index in [1.807, 2.05) is 0 Å². The first-order valence-corrected chi connectivity index (χ1v) is 3.31. The molecule has 0 aromatic carbocycles. The molecule has 0 bridgehead atoms. The van der Waals surface area contributed by atoms with E-state index in [-0.39, 0.29) is 13.0 Å². The van der Waals surface area contributed by atoms with E-state index in [0.717, 1.165) is 0 Å². The first kappa shape index (κ1) is 8.23. The van der Waals surface area contributed by atoms with E-state index in [1.165, 1.54) is 0 Å². The Hall–Kier alpha value is 0.130. The van der Waals surface area contributed by atoms with Crippen LogP contribution < -0.4 is 0 Å². The number of halogens is 1. The third-order valence-corrected chi connectivity index (χ3v) is 1.65. The predicted octanol–water partition coefficient (Wildman–Crippen LogP) is -0.987. The molecule has 3 N–H and O–H groups in total. The van der Waals surface area contributed by atoms with Gasteiger partial charge in [-0.25, -0.2) is 0 Å². The zero-order chi connectivity index (χ0) is 7.78. The normalized spacial score (nSPS) is 48.0. The zero-order valence-electron chi connectivity index (χ0n) is 5.20. The van der Waals surface area contributed by atoms with Gasteiger partial charge in [0.2, 0.25) is 5.25 Å². The molecule has 1 aliphatic rings. The van der Waals surface area contributed by atoms with Crippen LogP contribution in [0.2, 0.25) is 0 Å². The van der Waals surface area contributed by atoms with Crippen molar-refractivity contribution >= 4 is 11.6 Å². The van der Waals surface area contributed by atoms with Gasteiger partial charge >= 0.3 is 0 Å². The van der Waals surface area contributed by atoms with Gasteiger partial charge in [0.15, 0.2) is 0 Å². The van der Waals surface area contributed by atoms with Crippen LogP contribution >= 0.6 is 11.6 Å². The van der Waals surface area contributed by atoms with Crippen LogP contribution in [-0.2, 0) is 4.74 Å². The van der Waals surface area contributed by atoms with Crippen molar-refractivity contribution in [2.45, 2.75) is 23.9 Å². The molecule has 1 rings (SSSR count). The molecule has 0 aromatic rings. The fourth-order valence-corrected chi connectivity index (χ4v) is 1.18. The summed E-state index contributed by atoms with van der Waals surface area (Å²) in [7, 11) is 0. The van der Waals surface area contributed by atoms with Crippen molar-refractivity contribution in [3.8, 4) is 0 Å². The minimum Gasteiger partial charge on any atom is -0.394 e. The molecule has 1 aliphatic heterocycles. The van der Waals surface area contributed by atoms with Gasteiger partial charge in [-0.1, -0.05) is 11.6 Å². The summed E-state index contributed by atoms with van der Waals surface area (Å²) in [5.41, 5.74) is 0. The highest BCUT2D eigenvalue weighted by atomic mass is 35.5. The quantitative estimate of drug-likeness (QED) is 0.440. The summed E-state index contributed by atoms with van der Waals surface area (Å²) in [6, 6.07) is 0. The van der Waals surface area contributed by atoms with E-state index in [9.17, 15) is 0 Å². The molecule has 0 aromatic heterocycles. The Balaban J connectivity index is 2.52. The van der Waals surface area contributed by atoms with Crippen LogP contribution in [0.25, 0.3) is 0 Å². The molecule has 1 fully saturated rings. The van der Waals surface area contributed by atoms with Gasteiger partial charge in [-0.2, -0.15) is 0 Å². The van der Waals surface area contributed by atoms with Crippen LogP contribution in [0, 0.1) is 0 Å². The van der Waals surface area contributed by atoms with Crippen molar-refractivity contribution in [2.24, 2.45) is 0 Å². The lowest BCUT2D eigenvalue weighted by Gasteiger charge is -2.12. The van der Waals surface area contributed by atoms with Crippen molar-refractivity contribution in [1.29, 1.82) is 0 Å². The molecule has 0 amide bonds. The molecule has 0 radical (unpaired) electrons. The van der Waals surface area contributed by atoms with Crippen LogP contribution in [0.1, 0.15) is 6.42 Å². The van der Waals surface area contributed by atoms with E-state index in [2.05, 4.69) is 4.74 Å². The third-order valence-electron chi connectivity index (χ3n) is 1.40. The topological polar surface area (TPSA) is 69.9 Å². The number of rotatable bonds is 1. The van der Waals surface area contributed by atoms with E-state index in [4.69, 9.17) is 26.9 Å². The van der Waals surface area contributed by atoms with E-state index in [0.29, 0.717) is 0 Å². The fraction of sp³-hybridized carbons (Fsp3) is 1.00. The van der Waals surface area contributed by atoms with Crippen molar-refractivity contribution in [3.05, 3.63) is 0 Å². The maximum atomic E-state index is 9.00. The summed E-state index contributed by atoms with van der Waals surface area (Å²) in [5.74, 6) is 0. The number of ether oxygens (including phenoxy) is 1. The minimum absolute atomic E-state index is 0.0697. The number of aliphatic hydroxyl groups excluding tert-OH is 2. The Morgan fingerprint density at radius 3 is 2.50 bits per heavy atom. The maximum Gasteiger partial charge on any atom is 0.248 e. The van der Waals surface area contributed by atoms with Crippen LogP contribution in [-0.4, -0.2) is 39.4 Å². The Labute approximate surface area is 63.0 Å². The molecule has 0 saturated carbocycles. The molecule has 1 heterocycles. The maximum absolute atomic E-state index is 9.00. The summed E-state index contributed by atoms with van der Waals surface area (Å²) >= 11 is 5.30. The van der Waals surface area contributed by atoms with Crippen LogP contribution in [0.5, 0.6) is 0 Å². The van der Waals surface area contributed by atoms with Crippen molar-refractivity contribution in [2.75, 3.05) is 6.61 Å². The highest BCUT2D eigenvalue weighted by molar-refractivity contribution is 6.21. The van der Waals surface area contributed by atoms with Crippen LogP contribution in [0.4, 0.5) is 0 Å². The Morgan fingerprint density at radius 2 is 2.30 bits per heavy atom. The number of hydrogen-bond acceptors (Lipinski definition) is 4. The number of alkyl halides is 1. The number of hydrogen-bond donors (Lipinski definition) is 3. The fourth-order valence-electron chi connectivity index (χ4n) is 0.907. The lowest BCUT2D eigenvalue weighted by Crippen LogP contribution is -2.25. The molecule has 10 heavy (non-hydrogen) atoms. The summed E-state index contributed by atoms with van der Waals surface area (Å²) < 4.78 is 4.63. The molecule has 1 saturated heterocycles. The Kier molecular flexibility index (Phi) is 2.17. The van der Waals surface area contributed by atoms with Gasteiger partial charge in [0.25, 0.3) is 0 Å². The third kappa shape index (κ3) is 1.59. The molecule has 3 atom stereocenters. The average molecular weight is 169 g/mol. The first-order chi connectivity index (χ1) is 4.55. The standard InChI is InChI=1S/C5H9ClO4/c6-5(9)1-3(8)4(2-7)10-5/h3-4,7-9H,1-2H2/t3-,4+,5-/m1/s1. The second-order valence-electron chi connectivity index (χ2n) is 2.30. The SMILES string of the molecule is OC[C@@H]1O[C@@](O)(Cl)C[C@H]1O. The minimum atomic E-state index is -1.80. The van der Waals surface area contributed by atoms with E-state index < -0.39 is 17.5 Å². The average Bonchev–Trinajstić information content (AvgIpc) is 2.05. The van der Waals surface area contributed by atoms with Gasteiger partial charge < -0.3 is 20.1 Å². The van der Waals surface area contributed by atoms with Crippen molar-refractivity contribution in [1.82, 2.24) is 0 Å². The summed E-state index contributed by atoms with van der Waals surface area (Å²) in [6.07, 6.45) is -1.71. The molecule has 0 unspecified atom stereocenters. The summed E-state index contributed by atoms with van der Waals surface area (Å²) in [4.78, 5) is 0. The molecule has 5 heteroatoms. The van der Waals surface area contributed by atoms with Gasteiger partial charge in [-0.3, -0.25) is 0 Å². The van der Waals surface area contributed by atoms with Gasteiger partial charge in [0.05, 0.1) is 12.7 Å². The molecule has 4 nitrogen and oxygen atoms in total.